The van der Waals surface area contributed by atoms with Crippen molar-refractivity contribution in [2.24, 2.45) is 0 Å². The number of aliphatic hydroxyl groups is 1. The van der Waals surface area contributed by atoms with Crippen LogP contribution in [0.25, 0.3) is 0 Å². The molecule has 7 nitrogen and oxygen atoms in total. The monoisotopic (exact) mass is 513 g/mol. The average molecular weight is 514 g/mol. The van der Waals surface area contributed by atoms with Gasteiger partial charge in [-0.2, -0.15) is 0 Å². The van der Waals surface area contributed by atoms with Crippen LogP contribution in [0.5, 0.6) is 0 Å². The summed E-state index contributed by atoms with van der Waals surface area (Å²) in [5.41, 5.74) is 1.25. The first-order valence-corrected chi connectivity index (χ1v) is 12.6. The third kappa shape index (κ3) is 4.73. The molecule has 2 saturated heterocycles. The number of rotatable bonds is 6. The summed E-state index contributed by atoms with van der Waals surface area (Å²) in [6.45, 7) is 2.29. The van der Waals surface area contributed by atoms with Crippen LogP contribution in [0, 0.1) is 5.82 Å². The minimum Gasteiger partial charge on any atom is -0.463 e. The average Bonchev–Trinajstić information content (AvgIpc) is 3.08. The zero-order valence-corrected chi connectivity index (χ0v) is 20.7. The topological polar surface area (TPSA) is 90.9 Å². The van der Waals surface area contributed by atoms with Crippen LogP contribution in [0.2, 0.25) is 5.02 Å². The molecule has 2 fully saturated rings. The minimum atomic E-state index is -1.04. The fourth-order valence-electron chi connectivity index (χ4n) is 5.85. The van der Waals surface area contributed by atoms with E-state index in [0.717, 1.165) is 18.4 Å². The molecule has 9 heteroatoms. The summed E-state index contributed by atoms with van der Waals surface area (Å²) in [6.07, 6.45) is 2.76. The van der Waals surface area contributed by atoms with Crippen LogP contribution in [0.4, 0.5) is 9.18 Å². The van der Waals surface area contributed by atoms with Gasteiger partial charge in [0.2, 0.25) is 0 Å². The number of nitrogens with one attached hydrogen (secondary N) is 2. The number of carbonyl (C=O) groups excluding carboxylic acids is 2. The summed E-state index contributed by atoms with van der Waals surface area (Å²) in [7, 11) is 0. The van der Waals surface area contributed by atoms with Crippen molar-refractivity contribution < 1.29 is 23.8 Å². The van der Waals surface area contributed by atoms with Crippen LogP contribution in [-0.4, -0.2) is 47.2 Å². The second-order valence-electron chi connectivity index (χ2n) is 9.70. The van der Waals surface area contributed by atoms with Crippen molar-refractivity contribution in [3.8, 4) is 0 Å². The quantitative estimate of drug-likeness (QED) is 0.504. The van der Waals surface area contributed by atoms with E-state index in [1.165, 1.54) is 12.1 Å². The van der Waals surface area contributed by atoms with E-state index in [2.05, 4.69) is 15.5 Å². The highest BCUT2D eigenvalue weighted by molar-refractivity contribution is 6.30. The lowest BCUT2D eigenvalue weighted by Crippen LogP contribution is -2.53. The third-order valence-electron chi connectivity index (χ3n) is 7.49. The van der Waals surface area contributed by atoms with Crippen LogP contribution in [0.1, 0.15) is 49.8 Å². The molecule has 3 aliphatic rings. The maximum absolute atomic E-state index is 13.5. The van der Waals surface area contributed by atoms with Gasteiger partial charge in [-0.25, -0.2) is 14.0 Å². The molecular formula is C27H29ClFN3O4. The van der Waals surface area contributed by atoms with Gasteiger partial charge >= 0.3 is 12.0 Å². The molecule has 0 spiro atoms. The van der Waals surface area contributed by atoms with E-state index in [-0.39, 0.29) is 24.5 Å². The minimum absolute atomic E-state index is 0.0514. The summed E-state index contributed by atoms with van der Waals surface area (Å²) in [4.78, 5) is 28.0. The molecule has 3 aliphatic heterocycles. The van der Waals surface area contributed by atoms with Crippen LogP contribution < -0.4 is 10.6 Å². The van der Waals surface area contributed by atoms with Crippen molar-refractivity contribution in [2.75, 3.05) is 13.2 Å². The van der Waals surface area contributed by atoms with Crippen molar-refractivity contribution in [2.45, 2.75) is 56.3 Å². The van der Waals surface area contributed by atoms with E-state index < -0.39 is 23.6 Å². The molecule has 3 heterocycles. The van der Waals surface area contributed by atoms with Crippen LogP contribution in [0.3, 0.4) is 0 Å². The normalized spacial score (nSPS) is 28.0. The first-order chi connectivity index (χ1) is 17.3. The van der Waals surface area contributed by atoms with Gasteiger partial charge in [-0.15, -0.1) is 0 Å². The fourth-order valence-corrected chi connectivity index (χ4v) is 5.98. The molecule has 5 rings (SSSR count). The number of amides is 2. The van der Waals surface area contributed by atoms with Crippen molar-refractivity contribution in [1.82, 2.24) is 15.5 Å². The molecule has 36 heavy (non-hydrogen) atoms. The highest BCUT2D eigenvalue weighted by Gasteiger charge is 2.49. The number of nitrogens with zero attached hydrogens (tertiary/aromatic N) is 1. The first-order valence-electron chi connectivity index (χ1n) is 12.2. The number of hydrogen-bond acceptors (Lipinski definition) is 5. The lowest BCUT2D eigenvalue weighted by Gasteiger charge is -2.45. The van der Waals surface area contributed by atoms with E-state index in [1.54, 1.807) is 43.3 Å². The van der Waals surface area contributed by atoms with E-state index in [1.807, 2.05) is 0 Å². The molecule has 190 valence electrons. The number of hydrogen-bond donors (Lipinski definition) is 3. The van der Waals surface area contributed by atoms with Gasteiger partial charge in [0.25, 0.3) is 0 Å². The van der Waals surface area contributed by atoms with Gasteiger partial charge in [0.1, 0.15) is 5.82 Å². The molecule has 1 unspecified atom stereocenters. The highest BCUT2D eigenvalue weighted by Crippen LogP contribution is 2.46. The number of urea groups is 1. The number of benzene rings is 2. The first kappa shape index (κ1) is 24.7. The summed E-state index contributed by atoms with van der Waals surface area (Å²) in [6, 6.07) is 12.1. The van der Waals surface area contributed by atoms with Gasteiger partial charge in [-0.1, -0.05) is 35.9 Å². The zero-order chi connectivity index (χ0) is 25.4. The number of piperidine rings is 1. The second kappa shape index (κ2) is 9.84. The maximum Gasteiger partial charge on any atom is 0.338 e. The van der Waals surface area contributed by atoms with Gasteiger partial charge < -0.3 is 20.5 Å². The summed E-state index contributed by atoms with van der Waals surface area (Å²) in [5.74, 6) is -0.829. The van der Waals surface area contributed by atoms with Crippen molar-refractivity contribution in [3.63, 3.8) is 0 Å². The molecule has 2 aromatic rings. The highest BCUT2D eigenvalue weighted by atomic mass is 35.5. The number of halogens is 2. The van der Waals surface area contributed by atoms with Crippen molar-refractivity contribution >= 4 is 23.6 Å². The molecular weight excluding hydrogens is 485 g/mol. The molecule has 0 aromatic heterocycles. The maximum atomic E-state index is 13.5. The lowest BCUT2D eigenvalue weighted by atomic mass is 9.80. The van der Waals surface area contributed by atoms with Crippen LogP contribution >= 0.6 is 11.6 Å². The Balaban J connectivity index is 1.45. The standard InChI is InChI=1S/C27H29ClFN3O4/c1-2-36-25(33)23-22(30-26(34)31-24(23)16-3-7-18(28)8-4-16)15-32-20-11-12-21(32)14-27(35,13-20)17-5-9-19(29)10-6-17/h3-10,20-21,24,35H,2,11-15H2,1H3,(H2,30,31,34)/t20-,21+,24-,27?/m1/s1. The van der Waals surface area contributed by atoms with E-state index >= 15 is 0 Å². The Bertz CT molecular complexity index is 1170. The largest absolute Gasteiger partial charge is 0.463 e. The van der Waals surface area contributed by atoms with Gasteiger partial charge in [-0.3, -0.25) is 4.90 Å². The Morgan fingerprint density at radius 1 is 1.14 bits per heavy atom. The molecule has 2 aromatic carbocycles. The number of esters is 1. The Labute approximate surface area is 214 Å². The fraction of sp³-hybridized carbons (Fsp3) is 0.407. The van der Waals surface area contributed by atoms with Crippen molar-refractivity contribution in [1.29, 1.82) is 0 Å². The second-order valence-corrected chi connectivity index (χ2v) is 10.1. The van der Waals surface area contributed by atoms with E-state index in [4.69, 9.17) is 16.3 Å². The molecule has 3 N–H and O–H groups in total. The number of ether oxygens (including phenoxy) is 1. The van der Waals surface area contributed by atoms with Crippen LogP contribution in [-0.2, 0) is 15.1 Å². The lowest BCUT2D eigenvalue weighted by molar-refractivity contribution is -0.139. The smallest absolute Gasteiger partial charge is 0.338 e. The van der Waals surface area contributed by atoms with Crippen molar-refractivity contribution in [3.05, 3.63) is 81.8 Å². The molecule has 0 aliphatic carbocycles. The molecule has 2 bridgehead atoms. The summed E-state index contributed by atoms with van der Waals surface area (Å²) >= 11 is 6.05. The SMILES string of the molecule is CCOC(=O)C1=C(CN2[C@@H]3CC[C@H]2CC(O)(c2ccc(F)cc2)C3)NC(=O)N[C@@H]1c1ccc(Cl)cc1. The van der Waals surface area contributed by atoms with E-state index in [9.17, 15) is 19.1 Å². The molecule has 0 radical (unpaired) electrons. The Morgan fingerprint density at radius 2 is 1.78 bits per heavy atom. The Hall–Kier alpha value is -2.94. The van der Waals surface area contributed by atoms with Gasteiger partial charge in [0, 0.05) is 29.3 Å². The Morgan fingerprint density at radius 3 is 2.39 bits per heavy atom. The third-order valence-corrected chi connectivity index (χ3v) is 7.74. The number of carbonyl (C=O) groups is 2. The molecule has 0 saturated carbocycles. The molecule has 4 atom stereocenters. The summed E-state index contributed by atoms with van der Waals surface area (Å²) < 4.78 is 18.8. The van der Waals surface area contributed by atoms with E-state index in [0.29, 0.717) is 41.2 Å². The predicted molar refractivity (Wildman–Crippen MR) is 133 cm³/mol. The molecule has 2 amide bonds. The summed E-state index contributed by atoms with van der Waals surface area (Å²) in [5, 5.41) is 17.7. The van der Waals surface area contributed by atoms with Gasteiger partial charge in [0.05, 0.1) is 23.8 Å². The zero-order valence-electron chi connectivity index (χ0n) is 20.0. The predicted octanol–water partition coefficient (Wildman–Crippen LogP) is 4.16. The van der Waals surface area contributed by atoms with Gasteiger partial charge in [-0.05, 0) is 68.0 Å². The number of fused-ring (bicyclic) bond motifs is 2. The Kier molecular flexibility index (Phi) is 6.76. The van der Waals surface area contributed by atoms with Gasteiger partial charge in [0.15, 0.2) is 0 Å². The van der Waals surface area contributed by atoms with Crippen LogP contribution in [0.15, 0.2) is 59.8 Å².